The van der Waals surface area contributed by atoms with Crippen molar-refractivity contribution in [3.8, 4) is 5.69 Å². The van der Waals surface area contributed by atoms with E-state index in [-0.39, 0.29) is 17.6 Å². The molecule has 33 heavy (non-hydrogen) atoms. The number of hydrogen-bond donors (Lipinski definition) is 1. The van der Waals surface area contributed by atoms with Crippen molar-refractivity contribution in [3.63, 3.8) is 0 Å². The van der Waals surface area contributed by atoms with Crippen LogP contribution in [0, 0.1) is 0 Å². The maximum Gasteiger partial charge on any atom is 0.253 e. The molecule has 0 radical (unpaired) electrons. The maximum absolute atomic E-state index is 12.6. The number of carbonyl (C=O) groups excluding carboxylic acids is 2. The summed E-state index contributed by atoms with van der Waals surface area (Å²) in [5.41, 5.74) is 2.20. The molecule has 2 amide bonds. The largest absolute Gasteiger partial charge is 0.345 e. The number of rotatable bonds is 7. The molecule has 8 nitrogen and oxygen atoms in total. The van der Waals surface area contributed by atoms with Crippen LogP contribution >= 0.6 is 11.8 Å². The third-order valence-corrected chi connectivity index (χ3v) is 6.35. The average Bonchev–Trinajstić information content (AvgIpc) is 3.28. The molecule has 0 spiro atoms. The third kappa shape index (κ3) is 5.54. The van der Waals surface area contributed by atoms with Gasteiger partial charge >= 0.3 is 0 Å². The van der Waals surface area contributed by atoms with Gasteiger partial charge in [-0.15, -0.1) is 10.2 Å². The molecule has 0 aliphatic carbocycles. The van der Waals surface area contributed by atoms with Crippen LogP contribution in [0.1, 0.15) is 29.6 Å². The van der Waals surface area contributed by atoms with Gasteiger partial charge in [-0.3, -0.25) is 14.2 Å². The van der Waals surface area contributed by atoms with Gasteiger partial charge in [0.1, 0.15) is 0 Å². The van der Waals surface area contributed by atoms with E-state index in [0.29, 0.717) is 16.4 Å². The monoisotopic (exact) mass is 464 g/mol. The van der Waals surface area contributed by atoms with Crippen molar-refractivity contribution in [1.82, 2.24) is 19.7 Å². The molecule has 9 heteroatoms. The molecule has 1 fully saturated rings. The number of aromatic nitrogens is 3. The Bertz CT molecular complexity index is 1090. The first-order valence-corrected chi connectivity index (χ1v) is 12.0. The minimum absolute atomic E-state index is 0.0757. The van der Waals surface area contributed by atoms with Gasteiger partial charge in [-0.25, -0.2) is 0 Å². The normalized spacial score (nSPS) is 13.6. The molecule has 1 N–H and O–H groups in total. The summed E-state index contributed by atoms with van der Waals surface area (Å²) in [6.07, 6.45) is 3.53. The van der Waals surface area contributed by atoms with Crippen molar-refractivity contribution in [1.29, 1.82) is 0 Å². The van der Waals surface area contributed by atoms with Gasteiger partial charge in [0.25, 0.3) is 5.91 Å². The van der Waals surface area contributed by atoms with E-state index >= 15 is 0 Å². The number of amides is 2. The van der Waals surface area contributed by atoms with Crippen molar-refractivity contribution < 1.29 is 9.59 Å². The van der Waals surface area contributed by atoms with Crippen LogP contribution in [0.2, 0.25) is 0 Å². The zero-order chi connectivity index (χ0) is 23.2. The second-order valence-corrected chi connectivity index (χ2v) is 9.06. The first kappa shape index (κ1) is 22.8. The zero-order valence-corrected chi connectivity index (χ0v) is 19.7. The second kappa shape index (κ2) is 10.5. The highest BCUT2D eigenvalue weighted by atomic mass is 32.2. The fourth-order valence-electron chi connectivity index (χ4n) is 3.74. The third-order valence-electron chi connectivity index (χ3n) is 5.42. The van der Waals surface area contributed by atoms with Crippen molar-refractivity contribution in [2.45, 2.75) is 24.4 Å². The van der Waals surface area contributed by atoms with Crippen molar-refractivity contribution in [2.75, 3.05) is 43.2 Å². The quantitative estimate of drug-likeness (QED) is 0.537. The van der Waals surface area contributed by atoms with E-state index in [1.165, 1.54) is 23.1 Å². The van der Waals surface area contributed by atoms with Gasteiger partial charge < -0.3 is 15.1 Å². The van der Waals surface area contributed by atoms with E-state index < -0.39 is 0 Å². The first-order valence-electron chi connectivity index (χ1n) is 11.0. The number of hydrogen-bond acceptors (Lipinski definition) is 6. The first-order chi connectivity index (χ1) is 16.0. The fraction of sp³-hybridized carbons (Fsp3) is 0.333. The van der Waals surface area contributed by atoms with Gasteiger partial charge in [-0.05, 0) is 55.7 Å². The van der Waals surface area contributed by atoms with Gasteiger partial charge in [-0.2, -0.15) is 0 Å². The maximum atomic E-state index is 12.6. The lowest BCUT2D eigenvalue weighted by Gasteiger charge is -2.27. The van der Waals surface area contributed by atoms with Gasteiger partial charge in [-0.1, -0.05) is 30.0 Å². The number of thioether (sulfide) groups is 1. The summed E-state index contributed by atoms with van der Waals surface area (Å²) in [4.78, 5) is 28.4. The van der Waals surface area contributed by atoms with Crippen LogP contribution in [0.3, 0.4) is 0 Å². The van der Waals surface area contributed by atoms with Gasteiger partial charge in [0.15, 0.2) is 5.16 Å². The van der Waals surface area contributed by atoms with Crippen LogP contribution in [-0.4, -0.2) is 64.4 Å². The number of para-hydroxylation sites is 1. The van der Waals surface area contributed by atoms with E-state index in [1.54, 1.807) is 38.4 Å². The van der Waals surface area contributed by atoms with Crippen LogP contribution in [0.4, 0.5) is 11.6 Å². The van der Waals surface area contributed by atoms with Gasteiger partial charge in [0.2, 0.25) is 11.9 Å². The standard InChI is InChI=1S/C24H28N6O2S/c1-28(2)22(32)18-11-13-19(14-12-18)25-21(31)17-33-24-27-26-23(29-15-7-4-8-16-29)30(24)20-9-5-3-6-10-20/h3,5-6,9-14H,4,7-8,15-17H2,1-2H3,(H,25,31). The van der Waals surface area contributed by atoms with Crippen LogP contribution < -0.4 is 10.2 Å². The lowest BCUT2D eigenvalue weighted by Crippen LogP contribution is -2.31. The molecule has 1 aliphatic rings. The Morgan fingerprint density at radius 1 is 0.970 bits per heavy atom. The molecule has 0 atom stereocenters. The summed E-state index contributed by atoms with van der Waals surface area (Å²) in [6, 6.07) is 16.9. The van der Waals surface area contributed by atoms with E-state index in [1.807, 2.05) is 34.9 Å². The highest BCUT2D eigenvalue weighted by molar-refractivity contribution is 7.99. The smallest absolute Gasteiger partial charge is 0.253 e. The highest BCUT2D eigenvalue weighted by Gasteiger charge is 2.22. The molecule has 1 aromatic heterocycles. The zero-order valence-electron chi connectivity index (χ0n) is 18.9. The van der Waals surface area contributed by atoms with Crippen molar-refractivity contribution in [2.24, 2.45) is 0 Å². The van der Waals surface area contributed by atoms with E-state index in [0.717, 1.165) is 37.6 Å². The van der Waals surface area contributed by atoms with Crippen LogP contribution in [0.25, 0.3) is 5.69 Å². The molecule has 0 saturated carbocycles. The molecule has 0 bridgehead atoms. The number of piperidine rings is 1. The topological polar surface area (TPSA) is 83.4 Å². The van der Waals surface area contributed by atoms with Crippen molar-refractivity contribution in [3.05, 3.63) is 60.2 Å². The predicted octanol–water partition coefficient (Wildman–Crippen LogP) is 3.69. The second-order valence-electron chi connectivity index (χ2n) is 8.12. The Morgan fingerprint density at radius 2 is 1.67 bits per heavy atom. The Kier molecular flexibility index (Phi) is 7.29. The Morgan fingerprint density at radius 3 is 2.33 bits per heavy atom. The minimum atomic E-state index is -0.145. The van der Waals surface area contributed by atoms with E-state index in [2.05, 4.69) is 20.4 Å². The molecule has 172 valence electrons. The molecule has 0 unspecified atom stereocenters. The summed E-state index contributed by atoms with van der Waals surface area (Å²) < 4.78 is 2.03. The minimum Gasteiger partial charge on any atom is -0.345 e. The molecule has 1 aliphatic heterocycles. The number of carbonyl (C=O) groups is 2. The van der Waals surface area contributed by atoms with Crippen LogP contribution in [-0.2, 0) is 4.79 Å². The number of benzene rings is 2. The Hall–Kier alpha value is -3.33. The Balaban J connectivity index is 1.45. The van der Waals surface area contributed by atoms with Gasteiger partial charge in [0, 0.05) is 38.4 Å². The summed E-state index contributed by atoms with van der Waals surface area (Å²) in [5, 5.41) is 12.4. The summed E-state index contributed by atoms with van der Waals surface area (Å²) in [5.74, 6) is 0.801. The average molecular weight is 465 g/mol. The molecule has 2 heterocycles. The van der Waals surface area contributed by atoms with E-state index in [4.69, 9.17) is 0 Å². The van der Waals surface area contributed by atoms with E-state index in [9.17, 15) is 9.59 Å². The molecule has 3 aromatic rings. The van der Waals surface area contributed by atoms with Gasteiger partial charge in [0.05, 0.1) is 11.4 Å². The molecular formula is C24H28N6O2S. The molecule has 1 saturated heterocycles. The lowest BCUT2D eigenvalue weighted by molar-refractivity contribution is -0.113. The highest BCUT2D eigenvalue weighted by Crippen LogP contribution is 2.28. The summed E-state index contributed by atoms with van der Waals surface area (Å²) in [7, 11) is 3.42. The molecular weight excluding hydrogens is 436 g/mol. The summed E-state index contributed by atoms with van der Waals surface area (Å²) >= 11 is 1.36. The van der Waals surface area contributed by atoms with Crippen LogP contribution in [0.15, 0.2) is 59.8 Å². The SMILES string of the molecule is CN(C)C(=O)c1ccc(NC(=O)CSc2nnc(N3CCCCC3)n2-c2ccccc2)cc1. The summed E-state index contributed by atoms with van der Waals surface area (Å²) in [6.45, 7) is 1.92. The Labute approximate surface area is 198 Å². The van der Waals surface area contributed by atoms with Crippen LogP contribution in [0.5, 0.6) is 0 Å². The fourth-order valence-corrected chi connectivity index (χ4v) is 4.49. The number of nitrogens with one attached hydrogen (secondary N) is 1. The molecule has 4 rings (SSSR count). The molecule has 2 aromatic carbocycles. The van der Waals surface area contributed by atoms with Crippen molar-refractivity contribution >= 4 is 35.2 Å². The number of anilines is 2. The lowest BCUT2D eigenvalue weighted by atomic mass is 10.1. The number of nitrogens with zero attached hydrogens (tertiary/aromatic N) is 5. The predicted molar refractivity (Wildman–Crippen MR) is 131 cm³/mol.